The number of hydrogen-bond acceptors (Lipinski definition) is 4. The number of aryl methyl sites for hydroxylation is 1. The summed E-state index contributed by atoms with van der Waals surface area (Å²) >= 11 is 0. The van der Waals surface area contributed by atoms with E-state index in [4.69, 9.17) is 9.15 Å². The summed E-state index contributed by atoms with van der Waals surface area (Å²) in [4.78, 5) is 17.3. The third kappa shape index (κ3) is 3.31. The molecule has 0 spiro atoms. The van der Waals surface area contributed by atoms with E-state index >= 15 is 0 Å². The predicted molar refractivity (Wildman–Crippen MR) is 109 cm³/mol. The highest BCUT2D eigenvalue weighted by molar-refractivity contribution is 6.01. The molecule has 0 radical (unpaired) electrons. The summed E-state index contributed by atoms with van der Waals surface area (Å²) in [5, 5.41) is 1.00. The topological polar surface area (TPSA) is 57.3 Å². The Balaban J connectivity index is 1.84. The van der Waals surface area contributed by atoms with Crippen LogP contribution in [0.4, 0.5) is 0 Å². The van der Waals surface area contributed by atoms with E-state index in [9.17, 15) is 4.79 Å². The van der Waals surface area contributed by atoms with Gasteiger partial charge in [0.1, 0.15) is 0 Å². The maximum Gasteiger partial charge on any atom is 0.361 e. The molecule has 0 aliphatic rings. The molecule has 0 N–H and O–H groups in total. The Kier molecular flexibility index (Phi) is 4.98. The number of carbonyl (C=O) groups excluding carboxylic acids is 1. The van der Waals surface area contributed by atoms with Crippen LogP contribution in [0.1, 0.15) is 30.3 Å². The minimum Gasteiger partial charge on any atom is -0.461 e. The highest BCUT2D eigenvalue weighted by Crippen LogP contribution is 2.35. The van der Waals surface area contributed by atoms with Crippen LogP contribution in [0.2, 0.25) is 0 Å². The van der Waals surface area contributed by atoms with Gasteiger partial charge in [0.2, 0.25) is 5.89 Å². The summed E-state index contributed by atoms with van der Waals surface area (Å²) in [6.07, 6.45) is 3.74. The van der Waals surface area contributed by atoms with Crippen LogP contribution in [0.5, 0.6) is 0 Å². The van der Waals surface area contributed by atoms with Crippen molar-refractivity contribution in [2.75, 3.05) is 6.61 Å². The van der Waals surface area contributed by atoms with E-state index in [1.807, 2.05) is 72.4 Å². The standard InChI is InChI=1S/C23H22N2O3/c1-3-4-14-27-23(26)20-21(28-22(24-20)16-10-6-5-7-11-16)18-15-25(2)19-13-9-8-12-17(18)19/h5-13,15H,3-4,14H2,1-2H3. The molecule has 2 heterocycles. The third-order valence-electron chi connectivity index (χ3n) is 4.71. The number of unbranched alkanes of at least 4 members (excludes halogenated alkanes) is 1. The minimum atomic E-state index is -0.456. The van der Waals surface area contributed by atoms with Crippen molar-refractivity contribution in [3.63, 3.8) is 0 Å². The second-order valence-electron chi connectivity index (χ2n) is 6.72. The van der Waals surface area contributed by atoms with Crippen molar-refractivity contribution in [2.24, 2.45) is 7.05 Å². The molecule has 0 saturated heterocycles. The Bertz CT molecular complexity index is 1110. The Labute approximate surface area is 163 Å². The van der Waals surface area contributed by atoms with Crippen molar-refractivity contribution in [1.29, 1.82) is 0 Å². The van der Waals surface area contributed by atoms with Gasteiger partial charge < -0.3 is 13.7 Å². The number of fused-ring (bicyclic) bond motifs is 1. The molecule has 0 atom stereocenters. The molecule has 2 aromatic carbocycles. The number of benzene rings is 2. The first kappa shape index (κ1) is 18.0. The SMILES string of the molecule is CCCCOC(=O)c1nc(-c2ccccc2)oc1-c1cn(C)c2ccccc12. The minimum absolute atomic E-state index is 0.214. The number of oxazole rings is 1. The third-order valence-corrected chi connectivity index (χ3v) is 4.71. The molecule has 0 aliphatic heterocycles. The summed E-state index contributed by atoms with van der Waals surface area (Å²) in [6.45, 7) is 2.43. The number of carbonyl (C=O) groups is 1. The number of hydrogen-bond donors (Lipinski definition) is 0. The zero-order valence-electron chi connectivity index (χ0n) is 16.0. The zero-order valence-corrected chi connectivity index (χ0v) is 16.0. The number of rotatable bonds is 6. The average molecular weight is 374 g/mol. The molecular formula is C23H22N2O3. The van der Waals surface area contributed by atoms with Gasteiger partial charge in [-0.15, -0.1) is 0 Å². The number of ether oxygens (including phenoxy) is 1. The normalized spacial score (nSPS) is 11.1. The smallest absolute Gasteiger partial charge is 0.361 e. The lowest BCUT2D eigenvalue weighted by Gasteiger charge is -2.02. The maximum atomic E-state index is 12.7. The second kappa shape index (κ2) is 7.72. The Morgan fingerprint density at radius 3 is 2.64 bits per heavy atom. The Morgan fingerprint density at radius 1 is 1.11 bits per heavy atom. The fourth-order valence-electron chi connectivity index (χ4n) is 3.25. The van der Waals surface area contributed by atoms with Crippen molar-refractivity contribution in [2.45, 2.75) is 19.8 Å². The molecule has 0 saturated carbocycles. The number of esters is 1. The lowest BCUT2D eigenvalue weighted by atomic mass is 10.1. The Hall–Kier alpha value is -3.34. The van der Waals surface area contributed by atoms with Crippen LogP contribution in [-0.2, 0) is 11.8 Å². The van der Waals surface area contributed by atoms with Crippen LogP contribution in [0.3, 0.4) is 0 Å². The van der Waals surface area contributed by atoms with E-state index in [1.165, 1.54) is 0 Å². The lowest BCUT2D eigenvalue weighted by Crippen LogP contribution is -2.08. The average Bonchev–Trinajstić information content (AvgIpc) is 3.31. The Morgan fingerprint density at radius 2 is 1.86 bits per heavy atom. The highest BCUT2D eigenvalue weighted by Gasteiger charge is 2.25. The van der Waals surface area contributed by atoms with Gasteiger partial charge in [-0.2, -0.15) is 0 Å². The molecule has 28 heavy (non-hydrogen) atoms. The fraction of sp³-hybridized carbons (Fsp3) is 0.217. The molecule has 0 unspecified atom stereocenters. The van der Waals surface area contributed by atoms with Gasteiger partial charge in [-0.05, 0) is 24.6 Å². The number of para-hydroxylation sites is 1. The molecule has 0 aliphatic carbocycles. The molecule has 0 bridgehead atoms. The quantitative estimate of drug-likeness (QED) is 0.332. The van der Waals surface area contributed by atoms with E-state index in [0.717, 1.165) is 34.9 Å². The zero-order chi connectivity index (χ0) is 19.5. The van der Waals surface area contributed by atoms with Gasteiger partial charge in [0.15, 0.2) is 11.5 Å². The van der Waals surface area contributed by atoms with Crippen molar-refractivity contribution >= 4 is 16.9 Å². The van der Waals surface area contributed by atoms with Gasteiger partial charge in [0.25, 0.3) is 0 Å². The number of aromatic nitrogens is 2. The van der Waals surface area contributed by atoms with E-state index in [0.29, 0.717) is 18.3 Å². The molecule has 5 nitrogen and oxygen atoms in total. The molecule has 0 amide bonds. The van der Waals surface area contributed by atoms with Crippen LogP contribution in [0, 0.1) is 0 Å². The molecule has 142 valence electrons. The fourth-order valence-corrected chi connectivity index (χ4v) is 3.25. The number of nitrogens with zero attached hydrogens (tertiary/aromatic N) is 2. The summed E-state index contributed by atoms with van der Waals surface area (Å²) < 4.78 is 13.6. The molecule has 2 aromatic heterocycles. The van der Waals surface area contributed by atoms with Gasteiger partial charge in [-0.25, -0.2) is 9.78 Å². The van der Waals surface area contributed by atoms with Crippen LogP contribution in [-0.4, -0.2) is 22.1 Å². The van der Waals surface area contributed by atoms with Crippen LogP contribution in [0.25, 0.3) is 33.7 Å². The summed E-state index contributed by atoms with van der Waals surface area (Å²) in [7, 11) is 1.97. The van der Waals surface area contributed by atoms with E-state index in [1.54, 1.807) is 0 Å². The molecule has 4 aromatic rings. The van der Waals surface area contributed by atoms with Crippen molar-refractivity contribution in [1.82, 2.24) is 9.55 Å². The van der Waals surface area contributed by atoms with Crippen LogP contribution in [0.15, 0.2) is 65.2 Å². The second-order valence-corrected chi connectivity index (χ2v) is 6.72. The highest BCUT2D eigenvalue weighted by atomic mass is 16.5. The van der Waals surface area contributed by atoms with Crippen molar-refractivity contribution in [3.05, 3.63) is 66.5 Å². The van der Waals surface area contributed by atoms with Crippen molar-refractivity contribution < 1.29 is 13.9 Å². The summed E-state index contributed by atoms with van der Waals surface area (Å²) in [6, 6.07) is 17.6. The van der Waals surface area contributed by atoms with Gasteiger partial charge in [-0.3, -0.25) is 0 Å². The molecule has 0 fully saturated rings. The first-order valence-electron chi connectivity index (χ1n) is 9.47. The van der Waals surface area contributed by atoms with Crippen molar-refractivity contribution in [3.8, 4) is 22.8 Å². The first-order valence-corrected chi connectivity index (χ1v) is 9.47. The summed E-state index contributed by atoms with van der Waals surface area (Å²) in [5.74, 6) is 0.394. The van der Waals surface area contributed by atoms with E-state index < -0.39 is 5.97 Å². The molecular weight excluding hydrogens is 352 g/mol. The maximum absolute atomic E-state index is 12.7. The monoisotopic (exact) mass is 374 g/mol. The van der Waals surface area contributed by atoms with Gasteiger partial charge in [0, 0.05) is 35.3 Å². The van der Waals surface area contributed by atoms with E-state index in [2.05, 4.69) is 11.9 Å². The van der Waals surface area contributed by atoms with Crippen LogP contribution < -0.4 is 0 Å². The van der Waals surface area contributed by atoms with Gasteiger partial charge in [0.05, 0.1) is 6.61 Å². The lowest BCUT2D eigenvalue weighted by molar-refractivity contribution is 0.0494. The van der Waals surface area contributed by atoms with Gasteiger partial charge in [-0.1, -0.05) is 49.7 Å². The summed E-state index contributed by atoms with van der Waals surface area (Å²) in [5.41, 5.74) is 2.92. The predicted octanol–water partition coefficient (Wildman–Crippen LogP) is 5.46. The van der Waals surface area contributed by atoms with E-state index in [-0.39, 0.29) is 5.69 Å². The van der Waals surface area contributed by atoms with Crippen LogP contribution >= 0.6 is 0 Å². The molecule has 4 rings (SSSR count). The van der Waals surface area contributed by atoms with Gasteiger partial charge >= 0.3 is 5.97 Å². The first-order chi connectivity index (χ1) is 13.7. The molecule has 5 heteroatoms. The largest absolute Gasteiger partial charge is 0.461 e.